The lowest BCUT2D eigenvalue weighted by molar-refractivity contribution is 0.105. The number of aromatic hydroxyl groups is 1. The molecule has 35 heavy (non-hydrogen) atoms. The van der Waals surface area contributed by atoms with E-state index in [1.165, 1.54) is 42.5 Å². The van der Waals surface area contributed by atoms with Crippen LogP contribution in [0.5, 0.6) is 5.75 Å². The van der Waals surface area contributed by atoms with Crippen LogP contribution in [0.2, 0.25) is 5.02 Å². The highest BCUT2D eigenvalue weighted by molar-refractivity contribution is 7.92. The van der Waals surface area contributed by atoms with Crippen LogP contribution in [-0.4, -0.2) is 24.4 Å². The number of aliphatic hydroxyl groups excluding tert-OH is 1. The van der Waals surface area contributed by atoms with Crippen LogP contribution in [0.3, 0.4) is 0 Å². The molecule has 0 saturated heterocycles. The fourth-order valence-corrected chi connectivity index (χ4v) is 4.63. The molecule has 0 spiro atoms. The Labute approximate surface area is 207 Å². The third kappa shape index (κ3) is 5.37. The predicted octanol–water partition coefficient (Wildman–Crippen LogP) is 6.16. The van der Waals surface area contributed by atoms with Gasteiger partial charge in [-0.1, -0.05) is 72.3 Å². The van der Waals surface area contributed by atoms with Crippen molar-refractivity contribution in [2.75, 3.05) is 4.72 Å². The molecule has 0 unspecified atom stereocenters. The van der Waals surface area contributed by atoms with Gasteiger partial charge in [-0.05, 0) is 42.5 Å². The maximum atomic E-state index is 13.5. The van der Waals surface area contributed by atoms with E-state index in [0.29, 0.717) is 10.6 Å². The maximum absolute atomic E-state index is 13.5. The molecule has 176 valence electrons. The van der Waals surface area contributed by atoms with Gasteiger partial charge in [0.15, 0.2) is 5.78 Å². The molecule has 0 atom stereocenters. The van der Waals surface area contributed by atoms with Crippen LogP contribution in [0.25, 0.3) is 11.3 Å². The monoisotopic (exact) mass is 505 g/mol. The minimum atomic E-state index is -3.98. The molecule has 6 nitrogen and oxygen atoms in total. The Kier molecular flexibility index (Phi) is 6.91. The lowest BCUT2D eigenvalue weighted by atomic mass is 9.92. The maximum Gasteiger partial charge on any atom is 0.261 e. The third-order valence-corrected chi connectivity index (χ3v) is 6.84. The number of phenolic OH excluding ortho intramolecular Hbond substituents is 1. The van der Waals surface area contributed by atoms with Gasteiger partial charge in [0.25, 0.3) is 10.0 Å². The fourth-order valence-electron chi connectivity index (χ4n) is 3.46. The zero-order chi connectivity index (χ0) is 25.0. The number of rotatable bonds is 7. The number of Topliss-reactive ketones (excluding diaryl/α,β-unsaturated/α-hetero) is 1. The SMILES string of the molecule is O=C(/C(=C(\O)c1ccccc1)c1cc(NS(=O)(=O)c2ccc(Cl)cc2)ccc1O)c1ccccc1. The van der Waals surface area contributed by atoms with Crippen LogP contribution in [0.15, 0.2) is 108 Å². The summed E-state index contributed by atoms with van der Waals surface area (Å²) in [4.78, 5) is 13.5. The second kappa shape index (κ2) is 10.0. The Bertz CT molecular complexity index is 1500. The average molecular weight is 506 g/mol. The second-order valence-corrected chi connectivity index (χ2v) is 9.69. The first kappa shape index (κ1) is 24.1. The summed E-state index contributed by atoms with van der Waals surface area (Å²) in [6.07, 6.45) is 0. The fraction of sp³-hybridized carbons (Fsp3) is 0. The molecule has 3 N–H and O–H groups in total. The number of halogens is 1. The number of phenols is 1. The van der Waals surface area contributed by atoms with E-state index in [4.69, 9.17) is 11.6 Å². The molecular weight excluding hydrogens is 486 g/mol. The summed E-state index contributed by atoms with van der Waals surface area (Å²) < 4.78 is 28.1. The van der Waals surface area contributed by atoms with Crippen molar-refractivity contribution < 1.29 is 23.4 Å². The quantitative estimate of drug-likeness (QED) is 0.0917. The number of sulfonamides is 1. The highest BCUT2D eigenvalue weighted by Gasteiger charge is 2.24. The van der Waals surface area contributed by atoms with Gasteiger partial charge in [-0.3, -0.25) is 9.52 Å². The molecule has 0 fully saturated rings. The van der Waals surface area contributed by atoms with Gasteiger partial charge in [-0.2, -0.15) is 0 Å². The average Bonchev–Trinajstić information content (AvgIpc) is 2.87. The molecular formula is C27H20ClNO5S. The first-order chi connectivity index (χ1) is 16.8. The summed E-state index contributed by atoms with van der Waals surface area (Å²) in [5, 5.41) is 22.2. The second-order valence-electron chi connectivity index (χ2n) is 7.58. The summed E-state index contributed by atoms with van der Waals surface area (Å²) in [6.45, 7) is 0. The molecule has 8 heteroatoms. The molecule has 0 heterocycles. The molecule has 0 aromatic heterocycles. The van der Waals surface area contributed by atoms with Gasteiger partial charge < -0.3 is 10.2 Å². The number of ketones is 1. The molecule has 0 aliphatic rings. The summed E-state index contributed by atoms with van der Waals surface area (Å²) in [5.41, 5.74) is 0.533. The van der Waals surface area contributed by atoms with E-state index in [-0.39, 0.29) is 38.8 Å². The van der Waals surface area contributed by atoms with Crippen molar-refractivity contribution >= 4 is 44.4 Å². The van der Waals surface area contributed by atoms with Crippen LogP contribution in [0, 0.1) is 0 Å². The number of carbonyl (C=O) groups is 1. The standard InChI is InChI=1S/C27H20ClNO5S/c28-20-11-14-22(15-12-20)35(33,34)29-21-13-16-24(30)23(17-21)25(26(31)18-7-3-1-4-8-18)27(32)19-9-5-2-6-10-19/h1-17,29-31H/b26-25-. The number of hydrogen-bond acceptors (Lipinski definition) is 5. The van der Waals surface area contributed by atoms with Crippen LogP contribution < -0.4 is 4.72 Å². The Hall–Kier alpha value is -4.07. The van der Waals surface area contributed by atoms with E-state index in [9.17, 15) is 23.4 Å². The summed E-state index contributed by atoms with van der Waals surface area (Å²) in [7, 11) is -3.98. The number of carbonyl (C=O) groups excluding carboxylic acids is 1. The Morgan fingerprint density at radius 1 is 0.771 bits per heavy atom. The van der Waals surface area contributed by atoms with Crippen molar-refractivity contribution in [3.8, 4) is 5.75 Å². The van der Waals surface area contributed by atoms with Crippen LogP contribution in [0.4, 0.5) is 5.69 Å². The smallest absolute Gasteiger partial charge is 0.261 e. The number of benzene rings is 4. The lowest BCUT2D eigenvalue weighted by Crippen LogP contribution is -2.13. The molecule has 0 bridgehead atoms. The Balaban J connectivity index is 1.83. The van der Waals surface area contributed by atoms with Gasteiger partial charge in [-0.15, -0.1) is 0 Å². The minimum Gasteiger partial charge on any atom is -0.507 e. The first-order valence-corrected chi connectivity index (χ1v) is 12.3. The molecule has 0 aliphatic heterocycles. The molecule has 0 radical (unpaired) electrons. The number of anilines is 1. The van der Waals surface area contributed by atoms with E-state index in [0.717, 1.165) is 0 Å². The molecule has 0 amide bonds. The minimum absolute atomic E-state index is 0.0141. The summed E-state index contributed by atoms with van der Waals surface area (Å²) in [6, 6.07) is 26.2. The highest BCUT2D eigenvalue weighted by Crippen LogP contribution is 2.35. The van der Waals surface area contributed by atoms with E-state index in [1.807, 2.05) is 0 Å². The van der Waals surface area contributed by atoms with E-state index in [1.54, 1.807) is 60.7 Å². The lowest BCUT2D eigenvalue weighted by Gasteiger charge is -2.15. The topological polar surface area (TPSA) is 104 Å². The van der Waals surface area contributed by atoms with E-state index >= 15 is 0 Å². The molecule has 0 aliphatic carbocycles. The molecule has 0 saturated carbocycles. The van der Waals surface area contributed by atoms with E-state index < -0.39 is 15.8 Å². The van der Waals surface area contributed by atoms with Crippen LogP contribution in [-0.2, 0) is 10.0 Å². The van der Waals surface area contributed by atoms with E-state index in [2.05, 4.69) is 4.72 Å². The normalized spacial score (nSPS) is 12.0. The molecule has 4 rings (SSSR count). The van der Waals surface area contributed by atoms with Gasteiger partial charge >= 0.3 is 0 Å². The Morgan fingerprint density at radius 3 is 1.94 bits per heavy atom. The van der Waals surface area contributed by atoms with Gasteiger partial charge in [0.1, 0.15) is 11.5 Å². The van der Waals surface area contributed by atoms with Gasteiger partial charge in [-0.25, -0.2) is 8.42 Å². The largest absolute Gasteiger partial charge is 0.507 e. The van der Waals surface area contributed by atoms with Gasteiger partial charge in [0, 0.05) is 27.4 Å². The van der Waals surface area contributed by atoms with Crippen molar-refractivity contribution in [2.24, 2.45) is 0 Å². The number of allylic oxidation sites excluding steroid dienone is 1. The number of aliphatic hydroxyl groups is 1. The number of nitrogens with one attached hydrogen (secondary N) is 1. The summed E-state index contributed by atoms with van der Waals surface area (Å²) in [5.74, 6) is -1.20. The zero-order valence-electron chi connectivity index (χ0n) is 18.2. The van der Waals surface area contributed by atoms with Gasteiger partial charge in [0.2, 0.25) is 0 Å². The van der Waals surface area contributed by atoms with Crippen molar-refractivity contribution in [1.82, 2.24) is 0 Å². The zero-order valence-corrected chi connectivity index (χ0v) is 19.8. The molecule has 4 aromatic carbocycles. The molecule has 4 aromatic rings. The first-order valence-electron chi connectivity index (χ1n) is 10.5. The van der Waals surface area contributed by atoms with Crippen LogP contribution in [0.1, 0.15) is 21.5 Å². The predicted molar refractivity (Wildman–Crippen MR) is 137 cm³/mol. The highest BCUT2D eigenvalue weighted by atomic mass is 35.5. The van der Waals surface area contributed by atoms with Crippen molar-refractivity contribution in [2.45, 2.75) is 4.90 Å². The van der Waals surface area contributed by atoms with Crippen molar-refractivity contribution in [3.05, 3.63) is 125 Å². The van der Waals surface area contributed by atoms with Crippen LogP contribution >= 0.6 is 11.6 Å². The van der Waals surface area contributed by atoms with Crippen molar-refractivity contribution in [3.63, 3.8) is 0 Å². The Morgan fingerprint density at radius 2 is 1.34 bits per heavy atom. The third-order valence-electron chi connectivity index (χ3n) is 5.19. The number of hydrogen-bond donors (Lipinski definition) is 3. The van der Waals surface area contributed by atoms with Crippen molar-refractivity contribution in [1.29, 1.82) is 0 Å². The van der Waals surface area contributed by atoms with Gasteiger partial charge in [0.05, 0.1) is 10.5 Å². The summed E-state index contributed by atoms with van der Waals surface area (Å²) >= 11 is 5.85.